The molecule has 0 aromatic heterocycles. The van der Waals surface area contributed by atoms with Crippen LogP contribution in [0.1, 0.15) is 25.7 Å². The van der Waals surface area contributed by atoms with Gasteiger partial charge in [0.2, 0.25) is 0 Å². The molecule has 1 aliphatic heterocycles. The Bertz CT molecular complexity index is 155. The zero-order valence-electron chi connectivity index (χ0n) is 8.20. The summed E-state index contributed by atoms with van der Waals surface area (Å²) in [6.45, 7) is 1.59. The van der Waals surface area contributed by atoms with E-state index in [0.29, 0.717) is 5.92 Å². The van der Waals surface area contributed by atoms with Crippen LogP contribution in [-0.4, -0.2) is 31.0 Å². The van der Waals surface area contributed by atoms with Crippen LogP contribution in [0.3, 0.4) is 0 Å². The molecule has 0 unspecified atom stereocenters. The Morgan fingerprint density at radius 2 is 1.77 bits per heavy atom. The van der Waals surface area contributed by atoms with Crippen molar-refractivity contribution in [2.45, 2.75) is 37.2 Å². The van der Waals surface area contributed by atoms with Crippen LogP contribution in [0.5, 0.6) is 0 Å². The molecule has 0 radical (unpaired) electrons. The lowest BCUT2D eigenvalue weighted by Crippen LogP contribution is -2.33. The highest BCUT2D eigenvalue weighted by Gasteiger charge is 2.34. The first kappa shape index (κ1) is 9.81. The van der Waals surface area contributed by atoms with Gasteiger partial charge in [0.25, 0.3) is 0 Å². The first-order chi connectivity index (χ1) is 6.42. The van der Waals surface area contributed by atoms with Crippen molar-refractivity contribution in [1.82, 2.24) is 0 Å². The van der Waals surface area contributed by atoms with Gasteiger partial charge in [0.05, 0.1) is 13.2 Å². The fraction of sp³-hybridized carbons (Fsp3) is 1.00. The van der Waals surface area contributed by atoms with E-state index in [4.69, 9.17) is 9.47 Å². The van der Waals surface area contributed by atoms with E-state index in [0.717, 1.165) is 18.5 Å². The summed E-state index contributed by atoms with van der Waals surface area (Å²) >= 11 is 1.98. The molecule has 1 aliphatic carbocycles. The van der Waals surface area contributed by atoms with E-state index in [2.05, 4.69) is 6.26 Å². The van der Waals surface area contributed by atoms with E-state index in [-0.39, 0.29) is 6.29 Å². The van der Waals surface area contributed by atoms with E-state index in [1.807, 2.05) is 11.8 Å². The maximum Gasteiger partial charge on any atom is 0.161 e. The molecule has 0 N–H and O–H groups in total. The SMILES string of the molecule is CS[C@H]1CCCC[C@@H]1C1OCCO1. The van der Waals surface area contributed by atoms with Gasteiger partial charge in [-0.25, -0.2) is 0 Å². The van der Waals surface area contributed by atoms with Crippen LogP contribution in [0.25, 0.3) is 0 Å². The van der Waals surface area contributed by atoms with Crippen LogP contribution in [-0.2, 0) is 9.47 Å². The normalized spacial score (nSPS) is 36.7. The second-order valence-electron chi connectivity index (χ2n) is 3.83. The summed E-state index contributed by atoms with van der Waals surface area (Å²) in [5.41, 5.74) is 0. The van der Waals surface area contributed by atoms with E-state index in [1.54, 1.807) is 0 Å². The fourth-order valence-corrected chi connectivity index (χ4v) is 3.37. The molecule has 3 heteroatoms. The molecule has 0 aromatic rings. The third-order valence-corrected chi connectivity index (χ3v) is 4.24. The van der Waals surface area contributed by atoms with E-state index >= 15 is 0 Å². The summed E-state index contributed by atoms with van der Waals surface area (Å²) < 4.78 is 11.2. The Balaban J connectivity index is 1.93. The molecule has 2 atom stereocenters. The smallest absolute Gasteiger partial charge is 0.161 e. The molecule has 1 saturated carbocycles. The van der Waals surface area contributed by atoms with Gasteiger partial charge in [-0.3, -0.25) is 0 Å². The predicted molar refractivity (Wildman–Crippen MR) is 55.0 cm³/mol. The highest BCUT2D eigenvalue weighted by Crippen LogP contribution is 2.36. The van der Waals surface area contributed by atoms with Crippen LogP contribution in [0.15, 0.2) is 0 Å². The highest BCUT2D eigenvalue weighted by molar-refractivity contribution is 7.99. The maximum absolute atomic E-state index is 5.59. The molecule has 13 heavy (non-hydrogen) atoms. The molecule has 0 spiro atoms. The summed E-state index contributed by atoms with van der Waals surface area (Å²) in [4.78, 5) is 0. The average Bonchev–Trinajstić information content (AvgIpc) is 2.70. The third kappa shape index (κ3) is 2.20. The van der Waals surface area contributed by atoms with Crippen molar-refractivity contribution in [3.05, 3.63) is 0 Å². The fourth-order valence-electron chi connectivity index (χ4n) is 2.35. The summed E-state index contributed by atoms with van der Waals surface area (Å²) in [7, 11) is 0. The Hall–Kier alpha value is 0.270. The molecule has 0 aromatic carbocycles. The highest BCUT2D eigenvalue weighted by atomic mass is 32.2. The Kier molecular flexibility index (Phi) is 3.52. The monoisotopic (exact) mass is 202 g/mol. The van der Waals surface area contributed by atoms with Crippen molar-refractivity contribution >= 4 is 11.8 Å². The Labute approximate surface area is 84.4 Å². The summed E-state index contributed by atoms with van der Waals surface area (Å²) in [6, 6.07) is 0. The van der Waals surface area contributed by atoms with Crippen LogP contribution >= 0.6 is 11.8 Å². The molecule has 0 bridgehead atoms. The van der Waals surface area contributed by atoms with Crippen molar-refractivity contribution in [2.24, 2.45) is 5.92 Å². The van der Waals surface area contributed by atoms with E-state index < -0.39 is 0 Å². The summed E-state index contributed by atoms with van der Waals surface area (Å²) in [5, 5.41) is 0.761. The van der Waals surface area contributed by atoms with Gasteiger partial charge in [0.1, 0.15) is 0 Å². The second-order valence-corrected chi connectivity index (χ2v) is 4.91. The second kappa shape index (κ2) is 4.67. The van der Waals surface area contributed by atoms with Gasteiger partial charge in [-0.1, -0.05) is 12.8 Å². The van der Waals surface area contributed by atoms with Crippen molar-refractivity contribution in [1.29, 1.82) is 0 Å². The van der Waals surface area contributed by atoms with Crippen molar-refractivity contribution < 1.29 is 9.47 Å². The molecule has 76 valence electrons. The van der Waals surface area contributed by atoms with Gasteiger partial charge in [-0.15, -0.1) is 0 Å². The van der Waals surface area contributed by atoms with Crippen molar-refractivity contribution in [2.75, 3.05) is 19.5 Å². The number of rotatable bonds is 2. The molecule has 2 aliphatic rings. The summed E-state index contributed by atoms with van der Waals surface area (Å²) in [5.74, 6) is 0.645. The van der Waals surface area contributed by atoms with Crippen molar-refractivity contribution in [3.8, 4) is 0 Å². The molecular formula is C10H18O2S. The van der Waals surface area contributed by atoms with Gasteiger partial charge in [-0.05, 0) is 19.1 Å². The molecule has 2 nitrogen and oxygen atoms in total. The Morgan fingerprint density at radius 1 is 1.08 bits per heavy atom. The topological polar surface area (TPSA) is 18.5 Å². The molecular weight excluding hydrogens is 184 g/mol. The van der Waals surface area contributed by atoms with Gasteiger partial charge >= 0.3 is 0 Å². The first-order valence-electron chi connectivity index (χ1n) is 5.18. The minimum atomic E-state index is 0.109. The average molecular weight is 202 g/mol. The van der Waals surface area contributed by atoms with Crippen LogP contribution < -0.4 is 0 Å². The maximum atomic E-state index is 5.59. The molecule has 0 amide bonds. The lowest BCUT2D eigenvalue weighted by atomic mass is 9.88. The van der Waals surface area contributed by atoms with Crippen molar-refractivity contribution in [3.63, 3.8) is 0 Å². The lowest BCUT2D eigenvalue weighted by molar-refractivity contribution is -0.0899. The number of hydrogen-bond donors (Lipinski definition) is 0. The molecule has 2 rings (SSSR count). The van der Waals surface area contributed by atoms with Crippen LogP contribution in [0, 0.1) is 5.92 Å². The van der Waals surface area contributed by atoms with Crippen LogP contribution in [0.4, 0.5) is 0 Å². The standard InChI is InChI=1S/C10H18O2S/c1-13-9-5-3-2-4-8(9)10-11-6-7-12-10/h8-10H,2-7H2,1H3/t8-,9-/m0/s1. The zero-order chi connectivity index (χ0) is 9.10. The third-order valence-electron chi connectivity index (χ3n) is 3.05. The Morgan fingerprint density at radius 3 is 2.46 bits per heavy atom. The largest absolute Gasteiger partial charge is 0.350 e. The molecule has 2 fully saturated rings. The number of hydrogen-bond acceptors (Lipinski definition) is 3. The van der Waals surface area contributed by atoms with E-state index in [9.17, 15) is 0 Å². The van der Waals surface area contributed by atoms with Gasteiger partial charge in [0.15, 0.2) is 6.29 Å². The van der Waals surface area contributed by atoms with Gasteiger partial charge in [-0.2, -0.15) is 11.8 Å². The lowest BCUT2D eigenvalue weighted by Gasteiger charge is -2.33. The van der Waals surface area contributed by atoms with E-state index in [1.165, 1.54) is 25.7 Å². The number of ether oxygens (including phenoxy) is 2. The predicted octanol–water partition coefficient (Wildman–Crippen LogP) is 2.28. The quantitative estimate of drug-likeness (QED) is 0.684. The zero-order valence-corrected chi connectivity index (χ0v) is 9.02. The van der Waals surface area contributed by atoms with Gasteiger partial charge < -0.3 is 9.47 Å². The van der Waals surface area contributed by atoms with Gasteiger partial charge in [0, 0.05) is 11.2 Å². The summed E-state index contributed by atoms with van der Waals surface area (Å²) in [6.07, 6.45) is 7.68. The number of thioether (sulfide) groups is 1. The first-order valence-corrected chi connectivity index (χ1v) is 6.46. The van der Waals surface area contributed by atoms with Crippen LogP contribution in [0.2, 0.25) is 0 Å². The minimum Gasteiger partial charge on any atom is -0.350 e. The molecule has 1 saturated heterocycles. The minimum absolute atomic E-state index is 0.109. The molecule has 1 heterocycles.